The summed E-state index contributed by atoms with van der Waals surface area (Å²) in [7, 11) is -4.15. The first-order valence-electron chi connectivity index (χ1n) is 4.93. The van der Waals surface area contributed by atoms with Gasteiger partial charge in [0.1, 0.15) is 5.75 Å². The number of carboxylic acids is 1. The quantitative estimate of drug-likeness (QED) is 0.865. The van der Waals surface area contributed by atoms with Gasteiger partial charge in [0.05, 0.1) is 6.20 Å². The monoisotopic (exact) mass is 267 g/mol. The number of benzene rings is 1. The highest BCUT2D eigenvalue weighted by Crippen LogP contribution is 2.23. The van der Waals surface area contributed by atoms with Crippen LogP contribution in [0.2, 0.25) is 0 Å². The minimum absolute atomic E-state index is 0.319. The zero-order valence-electron chi connectivity index (χ0n) is 9.32. The molecule has 1 heterocycles. The van der Waals surface area contributed by atoms with Crippen LogP contribution in [0.4, 0.5) is 0 Å². The molecule has 6 nitrogen and oxygen atoms in total. The molecule has 0 spiro atoms. The molecule has 0 saturated heterocycles. The van der Waals surface area contributed by atoms with E-state index in [4.69, 9.17) is 9.84 Å². The average molecular weight is 267 g/mol. The smallest absolute Gasteiger partial charge is 0.349 e. The van der Waals surface area contributed by atoms with Crippen molar-refractivity contribution in [3.05, 3.63) is 40.9 Å². The third-order valence-electron chi connectivity index (χ3n) is 2.31. The van der Waals surface area contributed by atoms with Crippen molar-refractivity contribution in [2.24, 2.45) is 4.99 Å². The highest BCUT2D eigenvalue weighted by Gasteiger charge is 2.36. The van der Waals surface area contributed by atoms with Crippen LogP contribution in [0.1, 0.15) is 5.56 Å². The topological polar surface area (TPSA) is 93.0 Å². The molecular weight excluding hydrogens is 258 g/mol. The van der Waals surface area contributed by atoms with E-state index in [1.54, 1.807) is 31.2 Å². The molecule has 0 unspecified atom stereocenters. The Morgan fingerprint density at radius 3 is 2.56 bits per heavy atom. The minimum Gasteiger partial charge on any atom is -0.477 e. The fourth-order valence-electron chi connectivity index (χ4n) is 1.36. The lowest BCUT2D eigenvalue weighted by Gasteiger charge is -2.07. The molecule has 2 rings (SSSR count). The van der Waals surface area contributed by atoms with Gasteiger partial charge in [-0.25, -0.2) is 18.2 Å². The van der Waals surface area contributed by atoms with Gasteiger partial charge in [0.25, 0.3) is 9.84 Å². The summed E-state index contributed by atoms with van der Waals surface area (Å²) in [6.07, 6.45) is 0.769. The number of hydrogen-bond donors (Lipinski definition) is 1. The molecule has 0 radical (unpaired) electrons. The van der Waals surface area contributed by atoms with Gasteiger partial charge in [0, 0.05) is 0 Å². The Bertz CT molecular complexity index is 672. The molecule has 18 heavy (non-hydrogen) atoms. The van der Waals surface area contributed by atoms with Gasteiger partial charge in [-0.1, -0.05) is 18.2 Å². The molecular formula is C11H9NO5S. The van der Waals surface area contributed by atoms with Crippen molar-refractivity contribution in [3.8, 4) is 5.75 Å². The SMILES string of the molecule is Cc1ccccc1OC1=NC=C(C(=O)O)S1(=O)=O. The first kappa shape index (κ1) is 12.3. The number of para-hydroxylation sites is 1. The van der Waals surface area contributed by atoms with Crippen LogP contribution in [0, 0.1) is 6.92 Å². The highest BCUT2D eigenvalue weighted by atomic mass is 32.2. The summed E-state index contributed by atoms with van der Waals surface area (Å²) in [5, 5.41) is 8.09. The number of sulfone groups is 1. The minimum atomic E-state index is -4.15. The van der Waals surface area contributed by atoms with Crippen molar-refractivity contribution in [1.29, 1.82) is 0 Å². The van der Waals surface area contributed by atoms with Gasteiger partial charge in [0.2, 0.25) is 0 Å². The summed E-state index contributed by atoms with van der Waals surface area (Å²) in [4.78, 5) is 13.4. The molecule has 7 heteroatoms. The van der Waals surface area contributed by atoms with Gasteiger partial charge >= 0.3 is 11.2 Å². The number of carboxylic acid groups (broad SMARTS) is 1. The van der Waals surface area contributed by atoms with Crippen LogP contribution in [0.5, 0.6) is 5.75 Å². The molecule has 0 fully saturated rings. The summed E-state index contributed by atoms with van der Waals surface area (Å²) < 4.78 is 28.6. The second-order valence-electron chi connectivity index (χ2n) is 3.56. The van der Waals surface area contributed by atoms with E-state index in [-0.39, 0.29) is 0 Å². The number of carbonyl (C=O) groups is 1. The number of hydrogen-bond acceptors (Lipinski definition) is 5. The summed E-state index contributed by atoms with van der Waals surface area (Å²) in [5.74, 6) is -1.23. The number of nitrogens with zero attached hydrogens (tertiary/aromatic N) is 1. The molecule has 0 aliphatic carbocycles. The Hall–Kier alpha value is -2.15. The lowest BCUT2D eigenvalue weighted by molar-refractivity contribution is -0.131. The summed E-state index contributed by atoms with van der Waals surface area (Å²) in [6, 6.07) is 6.76. The predicted octanol–water partition coefficient (Wildman–Crippen LogP) is 1.08. The van der Waals surface area contributed by atoms with Crippen LogP contribution >= 0.6 is 0 Å². The van der Waals surface area contributed by atoms with Gasteiger partial charge in [-0.2, -0.15) is 0 Å². The van der Waals surface area contributed by atoms with Gasteiger partial charge < -0.3 is 9.84 Å². The molecule has 1 aromatic carbocycles. The number of aryl methyl sites for hydroxylation is 1. The van der Waals surface area contributed by atoms with E-state index in [2.05, 4.69) is 4.99 Å². The maximum atomic E-state index is 11.7. The molecule has 0 aromatic heterocycles. The number of ether oxygens (including phenoxy) is 1. The van der Waals surface area contributed by atoms with E-state index in [9.17, 15) is 13.2 Å². The Labute approximate surface area is 103 Å². The van der Waals surface area contributed by atoms with E-state index in [1.165, 1.54) is 0 Å². The Morgan fingerprint density at radius 1 is 1.33 bits per heavy atom. The lowest BCUT2D eigenvalue weighted by atomic mass is 10.2. The van der Waals surface area contributed by atoms with Crippen LogP contribution in [0.3, 0.4) is 0 Å². The molecule has 94 valence electrons. The van der Waals surface area contributed by atoms with Crippen LogP contribution in [-0.4, -0.2) is 24.7 Å². The lowest BCUT2D eigenvalue weighted by Crippen LogP contribution is -2.22. The zero-order chi connectivity index (χ0) is 13.3. The average Bonchev–Trinajstić information content (AvgIpc) is 2.57. The third-order valence-corrected chi connectivity index (χ3v) is 3.82. The second kappa shape index (κ2) is 4.26. The summed E-state index contributed by atoms with van der Waals surface area (Å²) in [6.45, 7) is 1.74. The molecule has 0 amide bonds. The van der Waals surface area contributed by atoms with Crippen molar-refractivity contribution < 1.29 is 23.1 Å². The Morgan fingerprint density at radius 2 is 2.00 bits per heavy atom. The highest BCUT2D eigenvalue weighted by molar-refractivity contribution is 8.10. The Balaban J connectivity index is 2.30. The normalized spacial score (nSPS) is 16.9. The standard InChI is InChI=1S/C11H9NO5S/c1-7-4-2-3-5-8(7)17-11-12-6-9(10(13)14)18(11,15)16/h2-6H,1H3,(H,13,14). The third kappa shape index (κ3) is 2.00. The van der Waals surface area contributed by atoms with E-state index in [0.29, 0.717) is 5.75 Å². The maximum Gasteiger partial charge on any atom is 0.349 e. The fraction of sp³-hybridized carbons (Fsp3) is 0.0909. The summed E-state index contributed by atoms with van der Waals surface area (Å²) >= 11 is 0. The van der Waals surface area contributed by atoms with Crippen LogP contribution in [-0.2, 0) is 14.6 Å². The zero-order valence-corrected chi connectivity index (χ0v) is 10.1. The number of rotatable bonds is 2. The molecule has 1 aliphatic rings. The van der Waals surface area contributed by atoms with Gasteiger partial charge in [-0.3, -0.25) is 0 Å². The van der Waals surface area contributed by atoms with Crippen LogP contribution < -0.4 is 4.74 Å². The van der Waals surface area contributed by atoms with Gasteiger partial charge in [-0.15, -0.1) is 0 Å². The first-order chi connectivity index (χ1) is 8.43. The van der Waals surface area contributed by atoms with Crippen molar-refractivity contribution in [1.82, 2.24) is 0 Å². The van der Waals surface area contributed by atoms with Crippen molar-refractivity contribution in [2.75, 3.05) is 0 Å². The Kier molecular flexibility index (Phi) is 2.92. The predicted molar refractivity (Wildman–Crippen MR) is 63.9 cm³/mol. The van der Waals surface area contributed by atoms with Crippen molar-refractivity contribution in [2.45, 2.75) is 6.92 Å². The molecule has 0 saturated carbocycles. The van der Waals surface area contributed by atoms with Crippen molar-refractivity contribution >= 4 is 21.0 Å². The first-order valence-corrected chi connectivity index (χ1v) is 6.41. The maximum absolute atomic E-state index is 11.7. The molecule has 1 aliphatic heterocycles. The van der Waals surface area contributed by atoms with Gasteiger partial charge in [0.15, 0.2) is 4.91 Å². The van der Waals surface area contributed by atoms with Crippen molar-refractivity contribution in [3.63, 3.8) is 0 Å². The fourth-order valence-corrected chi connectivity index (χ4v) is 2.36. The molecule has 1 N–H and O–H groups in total. The van der Waals surface area contributed by atoms with E-state index in [0.717, 1.165) is 11.8 Å². The summed E-state index contributed by atoms with van der Waals surface area (Å²) in [5.41, 5.74) is 0.721. The van der Waals surface area contributed by atoms with Crippen LogP contribution in [0.25, 0.3) is 0 Å². The second-order valence-corrected chi connectivity index (χ2v) is 5.36. The van der Waals surface area contributed by atoms with Gasteiger partial charge in [-0.05, 0) is 18.6 Å². The molecule has 0 atom stereocenters. The van der Waals surface area contributed by atoms with E-state index >= 15 is 0 Å². The van der Waals surface area contributed by atoms with E-state index < -0.39 is 25.9 Å². The molecule has 1 aromatic rings. The largest absolute Gasteiger partial charge is 0.477 e. The molecule has 0 bridgehead atoms. The van der Waals surface area contributed by atoms with E-state index in [1.807, 2.05) is 0 Å². The number of aliphatic imine (C=N–C) groups is 1. The van der Waals surface area contributed by atoms with Crippen LogP contribution in [0.15, 0.2) is 40.4 Å². The number of aliphatic carboxylic acids is 1.